The number of carbonyl (C=O) groups excluding carboxylic acids is 1. The number of nitrogens with zero attached hydrogens (tertiary/aromatic N) is 1. The van der Waals surface area contributed by atoms with Gasteiger partial charge in [0.1, 0.15) is 11.9 Å². The molecule has 1 aromatic heterocycles. The van der Waals surface area contributed by atoms with Crippen LogP contribution in [-0.2, 0) is 4.74 Å². The fourth-order valence-electron chi connectivity index (χ4n) is 3.16. The summed E-state index contributed by atoms with van der Waals surface area (Å²) in [4.78, 5) is 15.2. The molecule has 2 heterocycles. The van der Waals surface area contributed by atoms with E-state index in [0.29, 0.717) is 13.0 Å². The number of primary amides is 1. The normalized spacial score (nSPS) is 16.2. The van der Waals surface area contributed by atoms with Crippen LogP contribution in [0.25, 0.3) is 21.9 Å². The molecule has 5 nitrogen and oxygen atoms in total. The molecule has 24 heavy (non-hydrogen) atoms. The zero-order valence-electron chi connectivity index (χ0n) is 12.9. The second kappa shape index (κ2) is 5.85. The third-order valence-electron chi connectivity index (χ3n) is 4.25. The van der Waals surface area contributed by atoms with Crippen LogP contribution in [-0.4, -0.2) is 17.7 Å². The Kier molecular flexibility index (Phi) is 3.54. The highest BCUT2D eigenvalue weighted by atomic mass is 16.6. The molecular formula is C19H16N2O3. The minimum absolute atomic E-state index is 0.350. The van der Waals surface area contributed by atoms with E-state index in [4.69, 9.17) is 15.2 Å². The van der Waals surface area contributed by atoms with Crippen LogP contribution in [0.1, 0.15) is 18.1 Å². The van der Waals surface area contributed by atoms with E-state index in [-0.39, 0.29) is 6.10 Å². The monoisotopic (exact) mass is 320 g/mol. The quantitative estimate of drug-likeness (QED) is 0.779. The summed E-state index contributed by atoms with van der Waals surface area (Å²) in [6.07, 6.45) is 3.13. The lowest BCUT2D eigenvalue weighted by Crippen LogP contribution is -2.22. The van der Waals surface area contributed by atoms with E-state index in [1.807, 2.05) is 42.6 Å². The van der Waals surface area contributed by atoms with E-state index in [0.717, 1.165) is 33.2 Å². The molecule has 0 saturated heterocycles. The Hall–Kier alpha value is -3.08. The standard InChI is InChI=1S/C19H16N2O3/c20-19(22)24-17-7-9-23-18-10-12(4-5-16(17)18)14-3-1-2-13-11-21-8-6-15(13)14/h1-6,8,10-11,17H,7,9H2,(H2,20,22). The second-order valence-electron chi connectivity index (χ2n) is 5.72. The van der Waals surface area contributed by atoms with Gasteiger partial charge in [0.15, 0.2) is 0 Å². The predicted molar refractivity (Wildman–Crippen MR) is 90.7 cm³/mol. The van der Waals surface area contributed by atoms with Gasteiger partial charge >= 0.3 is 6.09 Å². The minimum atomic E-state index is -0.765. The van der Waals surface area contributed by atoms with Crippen molar-refractivity contribution in [2.75, 3.05) is 6.61 Å². The van der Waals surface area contributed by atoms with Crippen molar-refractivity contribution in [2.45, 2.75) is 12.5 Å². The maximum absolute atomic E-state index is 11.1. The van der Waals surface area contributed by atoms with Crippen molar-refractivity contribution >= 4 is 16.9 Å². The van der Waals surface area contributed by atoms with Gasteiger partial charge in [-0.2, -0.15) is 0 Å². The first kappa shape index (κ1) is 14.5. The van der Waals surface area contributed by atoms with Gasteiger partial charge in [-0.05, 0) is 28.6 Å². The number of carbonyl (C=O) groups is 1. The number of benzene rings is 2. The Balaban J connectivity index is 1.79. The van der Waals surface area contributed by atoms with Crippen LogP contribution in [0, 0.1) is 0 Å². The summed E-state index contributed by atoms with van der Waals surface area (Å²) < 4.78 is 10.9. The average molecular weight is 320 g/mol. The van der Waals surface area contributed by atoms with Crippen molar-refractivity contribution in [3.8, 4) is 16.9 Å². The molecule has 2 aromatic carbocycles. The highest BCUT2D eigenvalue weighted by molar-refractivity contribution is 5.96. The van der Waals surface area contributed by atoms with Gasteiger partial charge in [0, 0.05) is 29.8 Å². The van der Waals surface area contributed by atoms with Crippen LogP contribution in [0.4, 0.5) is 4.79 Å². The first-order chi connectivity index (χ1) is 11.7. The molecule has 4 rings (SSSR count). The van der Waals surface area contributed by atoms with Crippen LogP contribution in [0.15, 0.2) is 54.9 Å². The number of rotatable bonds is 2. The zero-order chi connectivity index (χ0) is 16.5. The molecule has 3 aromatic rings. The summed E-state index contributed by atoms with van der Waals surface area (Å²) in [6, 6.07) is 14.1. The van der Waals surface area contributed by atoms with E-state index in [1.54, 1.807) is 6.20 Å². The first-order valence-corrected chi connectivity index (χ1v) is 7.78. The van der Waals surface area contributed by atoms with E-state index in [9.17, 15) is 4.79 Å². The van der Waals surface area contributed by atoms with Crippen molar-refractivity contribution in [3.05, 3.63) is 60.4 Å². The Morgan fingerprint density at radius 2 is 2.17 bits per heavy atom. The van der Waals surface area contributed by atoms with Gasteiger partial charge in [-0.25, -0.2) is 4.79 Å². The molecule has 0 radical (unpaired) electrons. The van der Waals surface area contributed by atoms with Crippen LogP contribution in [0.3, 0.4) is 0 Å². The van der Waals surface area contributed by atoms with Crippen LogP contribution >= 0.6 is 0 Å². The molecule has 0 bridgehead atoms. The Morgan fingerprint density at radius 3 is 3.04 bits per heavy atom. The van der Waals surface area contributed by atoms with E-state index >= 15 is 0 Å². The molecule has 1 amide bonds. The highest BCUT2D eigenvalue weighted by Crippen LogP contribution is 2.38. The maximum Gasteiger partial charge on any atom is 0.405 e. The number of pyridine rings is 1. The number of nitrogens with two attached hydrogens (primary N) is 1. The summed E-state index contributed by atoms with van der Waals surface area (Å²) in [6.45, 7) is 0.494. The lowest BCUT2D eigenvalue weighted by atomic mass is 9.95. The van der Waals surface area contributed by atoms with Crippen molar-refractivity contribution in [3.63, 3.8) is 0 Å². The van der Waals surface area contributed by atoms with Crippen molar-refractivity contribution < 1.29 is 14.3 Å². The number of ether oxygens (including phenoxy) is 2. The molecule has 1 unspecified atom stereocenters. The molecular weight excluding hydrogens is 304 g/mol. The smallest absolute Gasteiger partial charge is 0.405 e. The molecule has 1 atom stereocenters. The van der Waals surface area contributed by atoms with Gasteiger partial charge in [0.25, 0.3) is 0 Å². The molecule has 0 fully saturated rings. The summed E-state index contributed by atoms with van der Waals surface area (Å²) in [7, 11) is 0. The molecule has 0 saturated carbocycles. The van der Waals surface area contributed by atoms with Crippen molar-refractivity contribution in [1.29, 1.82) is 0 Å². The van der Waals surface area contributed by atoms with Gasteiger partial charge in [-0.1, -0.05) is 30.3 Å². The Bertz CT molecular complexity index is 918. The van der Waals surface area contributed by atoms with E-state index < -0.39 is 6.09 Å². The summed E-state index contributed by atoms with van der Waals surface area (Å²) >= 11 is 0. The minimum Gasteiger partial charge on any atom is -0.493 e. The van der Waals surface area contributed by atoms with Crippen LogP contribution < -0.4 is 10.5 Å². The summed E-state index contributed by atoms with van der Waals surface area (Å²) in [5.74, 6) is 0.732. The average Bonchev–Trinajstić information content (AvgIpc) is 2.60. The number of aromatic nitrogens is 1. The van der Waals surface area contributed by atoms with Crippen LogP contribution in [0.2, 0.25) is 0 Å². The van der Waals surface area contributed by atoms with Gasteiger partial charge < -0.3 is 15.2 Å². The van der Waals surface area contributed by atoms with E-state index in [1.165, 1.54) is 0 Å². The van der Waals surface area contributed by atoms with E-state index in [2.05, 4.69) is 11.1 Å². The topological polar surface area (TPSA) is 74.4 Å². The fraction of sp³-hybridized carbons (Fsp3) is 0.158. The van der Waals surface area contributed by atoms with Crippen molar-refractivity contribution in [1.82, 2.24) is 4.98 Å². The molecule has 0 spiro atoms. The molecule has 120 valence electrons. The summed E-state index contributed by atoms with van der Waals surface area (Å²) in [5, 5.41) is 2.22. The highest BCUT2D eigenvalue weighted by Gasteiger charge is 2.24. The number of hydrogen-bond donors (Lipinski definition) is 1. The lowest BCUT2D eigenvalue weighted by molar-refractivity contribution is 0.0766. The fourth-order valence-corrected chi connectivity index (χ4v) is 3.16. The first-order valence-electron chi connectivity index (χ1n) is 7.78. The number of hydrogen-bond acceptors (Lipinski definition) is 4. The third kappa shape index (κ3) is 2.54. The SMILES string of the molecule is NC(=O)OC1CCOc2cc(-c3cccc4cnccc34)ccc21. The van der Waals surface area contributed by atoms with Gasteiger partial charge in [0.05, 0.1) is 6.61 Å². The summed E-state index contributed by atoms with van der Waals surface area (Å²) in [5.41, 5.74) is 8.17. The Labute approximate surface area is 139 Å². The second-order valence-corrected chi connectivity index (χ2v) is 5.72. The van der Waals surface area contributed by atoms with Gasteiger partial charge in [0.2, 0.25) is 0 Å². The predicted octanol–water partition coefficient (Wildman–Crippen LogP) is 3.82. The lowest BCUT2D eigenvalue weighted by Gasteiger charge is -2.25. The third-order valence-corrected chi connectivity index (χ3v) is 4.25. The molecule has 5 heteroatoms. The largest absolute Gasteiger partial charge is 0.493 e. The number of amides is 1. The molecule has 0 aliphatic carbocycles. The van der Waals surface area contributed by atoms with Crippen LogP contribution in [0.5, 0.6) is 5.75 Å². The van der Waals surface area contributed by atoms with Gasteiger partial charge in [-0.3, -0.25) is 4.98 Å². The van der Waals surface area contributed by atoms with Crippen molar-refractivity contribution in [2.24, 2.45) is 5.73 Å². The molecule has 1 aliphatic rings. The van der Waals surface area contributed by atoms with Gasteiger partial charge in [-0.15, -0.1) is 0 Å². The zero-order valence-corrected chi connectivity index (χ0v) is 12.9. The number of fused-ring (bicyclic) bond motifs is 2. The molecule has 2 N–H and O–H groups in total. The Morgan fingerprint density at radius 1 is 1.25 bits per heavy atom. The maximum atomic E-state index is 11.1. The molecule has 1 aliphatic heterocycles.